The lowest BCUT2D eigenvalue weighted by Crippen LogP contribution is -2.30. The first kappa shape index (κ1) is 29.4. The molecule has 11 nitrogen and oxygen atoms in total. The van der Waals surface area contributed by atoms with E-state index >= 15 is 0 Å². The predicted octanol–water partition coefficient (Wildman–Crippen LogP) is 1.34. The van der Waals surface area contributed by atoms with Gasteiger partial charge in [-0.2, -0.15) is 0 Å². The molecule has 0 saturated carbocycles. The molecule has 0 heterocycles. The Balaban J connectivity index is 1.47. The van der Waals surface area contributed by atoms with Crippen LogP contribution in [0.1, 0.15) is 17.5 Å². The predicted molar refractivity (Wildman–Crippen MR) is 127 cm³/mol. The fraction of sp³-hybridized carbons (Fsp3) is 0.385. The van der Waals surface area contributed by atoms with Crippen molar-refractivity contribution in [2.75, 3.05) is 39.6 Å². The zero-order chi connectivity index (χ0) is 26.7. The fourth-order valence-corrected chi connectivity index (χ4v) is 2.71. The SMILES string of the molecule is O=C(COC(=O)CC(O)C(=O)OCC(=O)OCCOCc1ccccc1)OCCOCc1ccccc1. The van der Waals surface area contributed by atoms with Gasteiger partial charge in [-0.15, -0.1) is 0 Å². The highest BCUT2D eigenvalue weighted by atomic mass is 16.6. The first-order chi connectivity index (χ1) is 17.9. The minimum atomic E-state index is -1.88. The lowest BCUT2D eigenvalue weighted by molar-refractivity contribution is -0.168. The molecule has 1 atom stereocenters. The van der Waals surface area contributed by atoms with Gasteiger partial charge in [0.05, 0.1) is 32.8 Å². The standard InChI is InChI=1S/C26H30O11/c27-22(26(31)37-19-25(30)35-14-12-33-17-21-9-5-2-6-10-21)15-23(28)36-18-24(29)34-13-11-32-16-20-7-3-1-4-8-20/h1-10,22,27H,11-19H2. The maximum atomic E-state index is 11.7. The van der Waals surface area contributed by atoms with Crippen LogP contribution in [-0.2, 0) is 60.8 Å². The highest BCUT2D eigenvalue weighted by Gasteiger charge is 2.23. The Morgan fingerprint density at radius 1 is 0.595 bits per heavy atom. The molecule has 37 heavy (non-hydrogen) atoms. The Kier molecular flexibility index (Phi) is 14.0. The van der Waals surface area contributed by atoms with Gasteiger partial charge in [0.25, 0.3) is 0 Å². The van der Waals surface area contributed by atoms with Crippen LogP contribution in [0.4, 0.5) is 0 Å². The van der Waals surface area contributed by atoms with Crippen molar-refractivity contribution in [1.82, 2.24) is 0 Å². The molecule has 0 bridgehead atoms. The van der Waals surface area contributed by atoms with Crippen molar-refractivity contribution >= 4 is 23.9 Å². The van der Waals surface area contributed by atoms with Crippen LogP contribution in [0.15, 0.2) is 60.7 Å². The topological polar surface area (TPSA) is 144 Å². The van der Waals surface area contributed by atoms with Gasteiger partial charge in [-0.05, 0) is 11.1 Å². The molecular weight excluding hydrogens is 488 g/mol. The largest absolute Gasteiger partial charge is 0.461 e. The van der Waals surface area contributed by atoms with Crippen molar-refractivity contribution in [3.8, 4) is 0 Å². The van der Waals surface area contributed by atoms with E-state index in [-0.39, 0.29) is 26.4 Å². The second-order valence-corrected chi connectivity index (χ2v) is 7.51. The highest BCUT2D eigenvalue weighted by Crippen LogP contribution is 2.02. The number of ether oxygens (including phenoxy) is 6. The molecule has 0 radical (unpaired) electrons. The Morgan fingerprint density at radius 3 is 1.54 bits per heavy atom. The van der Waals surface area contributed by atoms with Crippen LogP contribution >= 0.6 is 0 Å². The van der Waals surface area contributed by atoms with Crippen LogP contribution in [0.2, 0.25) is 0 Å². The molecule has 0 aliphatic carbocycles. The van der Waals surface area contributed by atoms with Crippen LogP contribution in [0, 0.1) is 0 Å². The quantitative estimate of drug-likeness (QED) is 0.184. The molecule has 0 fully saturated rings. The van der Waals surface area contributed by atoms with E-state index in [2.05, 4.69) is 9.47 Å². The summed E-state index contributed by atoms with van der Waals surface area (Å²) in [6.45, 7) is -0.506. The molecule has 0 aromatic heterocycles. The second kappa shape index (κ2) is 17.6. The van der Waals surface area contributed by atoms with Crippen LogP contribution in [0.5, 0.6) is 0 Å². The number of hydrogen-bond donors (Lipinski definition) is 1. The van der Waals surface area contributed by atoms with Crippen LogP contribution in [-0.4, -0.2) is 74.7 Å². The van der Waals surface area contributed by atoms with Crippen molar-refractivity contribution in [1.29, 1.82) is 0 Å². The Morgan fingerprint density at radius 2 is 1.05 bits per heavy atom. The number of aliphatic hydroxyl groups is 1. The van der Waals surface area contributed by atoms with E-state index in [1.165, 1.54) is 0 Å². The summed E-state index contributed by atoms with van der Waals surface area (Å²) < 4.78 is 29.7. The van der Waals surface area contributed by atoms with Gasteiger partial charge in [0.1, 0.15) is 13.2 Å². The number of aliphatic hydroxyl groups excluding tert-OH is 1. The van der Waals surface area contributed by atoms with Crippen molar-refractivity contribution < 1.29 is 52.7 Å². The summed E-state index contributed by atoms with van der Waals surface area (Å²) in [5.74, 6) is -3.90. The summed E-state index contributed by atoms with van der Waals surface area (Å²) in [6.07, 6.45) is -2.65. The number of rotatable bonds is 17. The monoisotopic (exact) mass is 518 g/mol. The average molecular weight is 519 g/mol. The summed E-state index contributed by atoms with van der Waals surface area (Å²) in [4.78, 5) is 46.7. The highest BCUT2D eigenvalue weighted by molar-refractivity contribution is 5.84. The third-order valence-electron chi connectivity index (χ3n) is 4.52. The second-order valence-electron chi connectivity index (χ2n) is 7.51. The number of benzene rings is 2. The minimum absolute atomic E-state index is 0.0343. The zero-order valence-corrected chi connectivity index (χ0v) is 20.2. The van der Waals surface area contributed by atoms with Gasteiger partial charge < -0.3 is 33.5 Å². The van der Waals surface area contributed by atoms with Crippen molar-refractivity contribution in [2.45, 2.75) is 25.7 Å². The zero-order valence-electron chi connectivity index (χ0n) is 20.2. The third kappa shape index (κ3) is 13.8. The van der Waals surface area contributed by atoms with Gasteiger partial charge in [-0.25, -0.2) is 14.4 Å². The maximum absolute atomic E-state index is 11.7. The lowest BCUT2D eigenvalue weighted by Gasteiger charge is -2.11. The number of carbonyl (C=O) groups excluding carboxylic acids is 4. The lowest BCUT2D eigenvalue weighted by atomic mass is 10.2. The summed E-state index contributed by atoms with van der Waals surface area (Å²) in [5.41, 5.74) is 1.94. The first-order valence-electron chi connectivity index (χ1n) is 11.5. The van der Waals surface area contributed by atoms with E-state index in [0.29, 0.717) is 13.2 Å². The minimum Gasteiger partial charge on any atom is -0.461 e. The van der Waals surface area contributed by atoms with Gasteiger partial charge >= 0.3 is 23.9 Å². The average Bonchev–Trinajstić information content (AvgIpc) is 2.91. The van der Waals surface area contributed by atoms with Gasteiger partial charge in [0, 0.05) is 0 Å². The molecule has 0 spiro atoms. The Bertz CT molecular complexity index is 963. The van der Waals surface area contributed by atoms with Crippen molar-refractivity contribution in [3.05, 3.63) is 71.8 Å². The Labute approximate surface area is 214 Å². The van der Waals surface area contributed by atoms with Crippen molar-refractivity contribution in [3.63, 3.8) is 0 Å². The van der Waals surface area contributed by atoms with E-state index in [4.69, 9.17) is 18.9 Å². The van der Waals surface area contributed by atoms with E-state index in [0.717, 1.165) is 11.1 Å². The van der Waals surface area contributed by atoms with Crippen molar-refractivity contribution in [2.24, 2.45) is 0 Å². The van der Waals surface area contributed by atoms with Crippen LogP contribution in [0.25, 0.3) is 0 Å². The molecule has 2 aromatic rings. The molecule has 0 aliphatic heterocycles. The summed E-state index contributed by atoms with van der Waals surface area (Å²) in [6, 6.07) is 18.9. The molecule has 2 rings (SSSR count). The fourth-order valence-electron chi connectivity index (χ4n) is 2.71. The summed E-state index contributed by atoms with van der Waals surface area (Å²) >= 11 is 0. The smallest absolute Gasteiger partial charge is 0.344 e. The molecule has 1 N–H and O–H groups in total. The number of esters is 4. The van der Waals surface area contributed by atoms with Gasteiger partial charge in [-0.3, -0.25) is 4.79 Å². The molecule has 2 aromatic carbocycles. The van der Waals surface area contributed by atoms with E-state index in [1.54, 1.807) is 0 Å². The normalized spacial score (nSPS) is 11.3. The molecular formula is C26H30O11. The molecule has 0 saturated heterocycles. The molecule has 1 unspecified atom stereocenters. The van der Waals surface area contributed by atoms with E-state index < -0.39 is 49.6 Å². The maximum Gasteiger partial charge on any atom is 0.344 e. The third-order valence-corrected chi connectivity index (χ3v) is 4.52. The molecule has 200 valence electrons. The van der Waals surface area contributed by atoms with Crippen LogP contribution in [0.3, 0.4) is 0 Å². The molecule has 0 amide bonds. The first-order valence-corrected chi connectivity index (χ1v) is 11.5. The van der Waals surface area contributed by atoms with Gasteiger partial charge in [-0.1, -0.05) is 60.7 Å². The van der Waals surface area contributed by atoms with Crippen LogP contribution < -0.4 is 0 Å². The van der Waals surface area contributed by atoms with Gasteiger partial charge in [0.2, 0.25) is 0 Å². The number of hydrogen-bond acceptors (Lipinski definition) is 11. The Hall–Kier alpha value is -3.80. The van der Waals surface area contributed by atoms with Gasteiger partial charge in [0.15, 0.2) is 19.3 Å². The molecule has 0 aliphatic rings. The molecule has 11 heteroatoms. The van der Waals surface area contributed by atoms with E-state index in [1.807, 2.05) is 60.7 Å². The summed E-state index contributed by atoms with van der Waals surface area (Å²) in [5, 5.41) is 9.73. The van der Waals surface area contributed by atoms with E-state index in [9.17, 15) is 24.3 Å². The number of carbonyl (C=O) groups is 4. The summed E-state index contributed by atoms with van der Waals surface area (Å²) in [7, 11) is 0.